The van der Waals surface area contributed by atoms with Crippen molar-refractivity contribution in [3.63, 3.8) is 0 Å². The predicted molar refractivity (Wildman–Crippen MR) is 96.5 cm³/mol. The lowest BCUT2D eigenvalue weighted by Gasteiger charge is -2.17. The summed E-state index contributed by atoms with van der Waals surface area (Å²) in [5.74, 6) is 0.243. The smallest absolute Gasteiger partial charge is 0.234 e. The number of carbonyl (C=O) groups excluding carboxylic acids is 2. The third kappa shape index (κ3) is 4.33. The zero-order valence-corrected chi connectivity index (χ0v) is 14.9. The number of para-hydroxylation sites is 1. The molecule has 1 fully saturated rings. The van der Waals surface area contributed by atoms with Gasteiger partial charge in [-0.25, -0.2) is 0 Å². The van der Waals surface area contributed by atoms with Crippen LogP contribution >= 0.6 is 23.1 Å². The molecule has 8 heteroatoms. The number of rotatable bonds is 7. The molecule has 1 aliphatic rings. The molecule has 6 nitrogen and oxygen atoms in total. The van der Waals surface area contributed by atoms with Crippen LogP contribution in [0.1, 0.15) is 26.2 Å². The zero-order valence-electron chi connectivity index (χ0n) is 13.3. The number of thioether (sulfide) groups is 1. The molecule has 2 amide bonds. The minimum Gasteiger partial charge on any atom is -0.325 e. The number of benzene rings is 1. The second kappa shape index (κ2) is 7.76. The summed E-state index contributed by atoms with van der Waals surface area (Å²) in [4.78, 5) is 25.8. The second-order valence-corrected chi connectivity index (χ2v) is 7.58. The molecule has 126 valence electrons. The van der Waals surface area contributed by atoms with E-state index in [4.69, 9.17) is 0 Å². The van der Waals surface area contributed by atoms with Gasteiger partial charge in [-0.05, 0) is 25.0 Å². The highest BCUT2D eigenvalue weighted by atomic mass is 32.2. The van der Waals surface area contributed by atoms with Crippen molar-refractivity contribution in [3.8, 4) is 0 Å². The summed E-state index contributed by atoms with van der Waals surface area (Å²) >= 11 is 2.70. The normalized spacial score (nSPS) is 13.5. The monoisotopic (exact) mass is 362 g/mol. The number of carbonyl (C=O) groups is 2. The topological polar surface area (TPSA) is 75.2 Å². The van der Waals surface area contributed by atoms with E-state index in [1.165, 1.54) is 23.1 Å². The van der Waals surface area contributed by atoms with Crippen LogP contribution in [0.25, 0.3) is 0 Å². The Balaban J connectivity index is 1.56. The number of hydrogen-bond acceptors (Lipinski definition) is 6. The lowest BCUT2D eigenvalue weighted by molar-refractivity contribution is -0.118. The van der Waals surface area contributed by atoms with Gasteiger partial charge in [-0.3, -0.25) is 14.5 Å². The Kier molecular flexibility index (Phi) is 5.47. The quantitative estimate of drug-likeness (QED) is 0.605. The van der Waals surface area contributed by atoms with Crippen molar-refractivity contribution in [3.05, 3.63) is 30.3 Å². The Hall–Kier alpha value is -1.93. The van der Waals surface area contributed by atoms with E-state index in [0.717, 1.165) is 18.5 Å². The van der Waals surface area contributed by atoms with Gasteiger partial charge in [0.2, 0.25) is 16.9 Å². The fraction of sp³-hybridized carbons (Fsp3) is 0.375. The average Bonchev–Trinajstić information content (AvgIpc) is 3.31. The summed E-state index contributed by atoms with van der Waals surface area (Å²) in [5, 5.41) is 11.7. The van der Waals surface area contributed by atoms with Gasteiger partial charge in [0.1, 0.15) is 0 Å². The molecule has 0 bridgehead atoms. The van der Waals surface area contributed by atoms with Crippen LogP contribution < -0.4 is 10.2 Å². The fourth-order valence-corrected chi connectivity index (χ4v) is 3.90. The maximum absolute atomic E-state index is 12.1. The molecule has 0 aliphatic heterocycles. The molecule has 0 atom stereocenters. The third-order valence-corrected chi connectivity index (χ3v) is 5.53. The molecular formula is C16H18N4O2S2. The molecule has 1 saturated carbocycles. The van der Waals surface area contributed by atoms with Gasteiger partial charge in [0.15, 0.2) is 4.34 Å². The minimum absolute atomic E-state index is 0.0759. The summed E-state index contributed by atoms with van der Waals surface area (Å²) in [6.45, 7) is 1.85. The maximum atomic E-state index is 12.1. The number of hydrogen-bond donors (Lipinski definition) is 1. The van der Waals surface area contributed by atoms with Crippen LogP contribution in [0.2, 0.25) is 0 Å². The summed E-state index contributed by atoms with van der Waals surface area (Å²) in [7, 11) is 0. The van der Waals surface area contributed by atoms with E-state index < -0.39 is 0 Å². The van der Waals surface area contributed by atoms with Gasteiger partial charge in [-0.15, -0.1) is 10.2 Å². The Morgan fingerprint density at radius 1 is 1.29 bits per heavy atom. The van der Waals surface area contributed by atoms with Crippen molar-refractivity contribution < 1.29 is 9.59 Å². The van der Waals surface area contributed by atoms with Crippen LogP contribution in [0.4, 0.5) is 10.8 Å². The largest absolute Gasteiger partial charge is 0.325 e. The number of anilines is 2. The SMILES string of the molecule is CCC(=O)N(c1nnc(SCC(=O)Nc2ccccc2)s1)C1CC1. The molecule has 24 heavy (non-hydrogen) atoms. The predicted octanol–water partition coefficient (Wildman–Crippen LogP) is 3.17. The molecular weight excluding hydrogens is 344 g/mol. The Morgan fingerprint density at radius 3 is 2.71 bits per heavy atom. The standard InChI is InChI=1S/C16H18N4O2S2/c1-2-14(22)20(12-8-9-12)15-18-19-16(24-15)23-10-13(21)17-11-6-4-3-5-7-11/h3-7,12H,2,8-10H2,1H3,(H,17,21). The van der Waals surface area contributed by atoms with Crippen LogP contribution in [0.5, 0.6) is 0 Å². The van der Waals surface area contributed by atoms with Gasteiger partial charge in [0.05, 0.1) is 5.75 Å². The van der Waals surface area contributed by atoms with E-state index in [-0.39, 0.29) is 23.6 Å². The number of nitrogens with one attached hydrogen (secondary N) is 1. The summed E-state index contributed by atoms with van der Waals surface area (Å²) in [6, 6.07) is 9.60. The molecule has 0 spiro atoms. The Morgan fingerprint density at radius 2 is 2.04 bits per heavy atom. The van der Waals surface area contributed by atoms with E-state index in [1.54, 1.807) is 4.90 Å². The second-order valence-electron chi connectivity index (χ2n) is 5.40. The van der Waals surface area contributed by atoms with Crippen molar-refractivity contribution in [2.24, 2.45) is 0 Å². The molecule has 1 aliphatic carbocycles. The van der Waals surface area contributed by atoms with E-state index >= 15 is 0 Å². The number of aromatic nitrogens is 2. The van der Waals surface area contributed by atoms with E-state index in [1.807, 2.05) is 37.3 Å². The minimum atomic E-state index is -0.0911. The van der Waals surface area contributed by atoms with Crippen molar-refractivity contribution in [1.29, 1.82) is 0 Å². The van der Waals surface area contributed by atoms with E-state index in [2.05, 4.69) is 15.5 Å². The average molecular weight is 362 g/mol. The van der Waals surface area contributed by atoms with Gasteiger partial charge in [0, 0.05) is 18.2 Å². The van der Waals surface area contributed by atoms with Crippen LogP contribution in [0.3, 0.4) is 0 Å². The van der Waals surface area contributed by atoms with Gasteiger partial charge in [-0.2, -0.15) is 0 Å². The van der Waals surface area contributed by atoms with Crippen molar-refractivity contribution in [2.75, 3.05) is 16.0 Å². The lowest BCUT2D eigenvalue weighted by Crippen LogP contribution is -2.32. The van der Waals surface area contributed by atoms with Crippen LogP contribution in [0, 0.1) is 0 Å². The molecule has 1 aromatic heterocycles. The Labute approximate surface area is 148 Å². The first-order chi connectivity index (χ1) is 11.7. The first-order valence-corrected chi connectivity index (χ1v) is 9.61. The van der Waals surface area contributed by atoms with E-state index in [0.29, 0.717) is 15.9 Å². The fourth-order valence-electron chi connectivity index (χ4n) is 2.17. The molecule has 1 N–H and O–H groups in total. The molecule has 0 unspecified atom stereocenters. The first-order valence-electron chi connectivity index (χ1n) is 7.80. The number of nitrogens with zero attached hydrogens (tertiary/aromatic N) is 3. The summed E-state index contributed by atoms with van der Waals surface area (Å²) < 4.78 is 0.697. The van der Waals surface area contributed by atoms with Crippen molar-refractivity contribution in [2.45, 2.75) is 36.6 Å². The van der Waals surface area contributed by atoms with Gasteiger partial charge in [0.25, 0.3) is 0 Å². The molecule has 0 radical (unpaired) electrons. The maximum Gasteiger partial charge on any atom is 0.234 e. The molecule has 3 rings (SSSR count). The lowest BCUT2D eigenvalue weighted by atomic mass is 10.3. The Bertz CT molecular complexity index is 716. The first kappa shape index (κ1) is 16.9. The van der Waals surface area contributed by atoms with Crippen LogP contribution in [-0.2, 0) is 9.59 Å². The third-order valence-electron chi connectivity index (χ3n) is 3.47. The van der Waals surface area contributed by atoms with Crippen molar-refractivity contribution >= 4 is 45.7 Å². The zero-order chi connectivity index (χ0) is 16.9. The molecule has 1 heterocycles. The van der Waals surface area contributed by atoms with Gasteiger partial charge < -0.3 is 5.32 Å². The summed E-state index contributed by atoms with van der Waals surface area (Å²) in [5.41, 5.74) is 0.773. The van der Waals surface area contributed by atoms with Crippen LogP contribution in [0.15, 0.2) is 34.7 Å². The van der Waals surface area contributed by atoms with Crippen LogP contribution in [-0.4, -0.2) is 33.8 Å². The summed E-state index contributed by atoms with van der Waals surface area (Å²) in [6.07, 6.45) is 2.50. The van der Waals surface area contributed by atoms with Gasteiger partial charge >= 0.3 is 0 Å². The molecule has 1 aromatic carbocycles. The number of amides is 2. The molecule has 0 saturated heterocycles. The highest BCUT2D eigenvalue weighted by Gasteiger charge is 2.35. The highest BCUT2D eigenvalue weighted by Crippen LogP contribution is 2.36. The van der Waals surface area contributed by atoms with Gasteiger partial charge in [-0.1, -0.05) is 48.2 Å². The molecule has 2 aromatic rings. The van der Waals surface area contributed by atoms with E-state index in [9.17, 15) is 9.59 Å². The highest BCUT2D eigenvalue weighted by molar-refractivity contribution is 8.01. The van der Waals surface area contributed by atoms with Crippen molar-refractivity contribution in [1.82, 2.24) is 10.2 Å².